The molecule has 1 unspecified atom stereocenters. The van der Waals surface area contributed by atoms with Crippen LogP contribution >= 0.6 is 22.7 Å². The van der Waals surface area contributed by atoms with Crippen molar-refractivity contribution in [2.75, 3.05) is 5.01 Å². The van der Waals surface area contributed by atoms with Crippen molar-refractivity contribution < 1.29 is 4.39 Å². The van der Waals surface area contributed by atoms with Crippen LogP contribution in [0.3, 0.4) is 0 Å². The van der Waals surface area contributed by atoms with Gasteiger partial charge in [-0.25, -0.2) is 14.4 Å². The lowest BCUT2D eigenvalue weighted by Gasteiger charge is -2.22. The Kier molecular flexibility index (Phi) is 6.02. The molecule has 0 saturated heterocycles. The predicted octanol–water partition coefficient (Wildman–Crippen LogP) is 8.41. The molecule has 172 valence electrons. The van der Waals surface area contributed by atoms with Crippen LogP contribution in [0.15, 0.2) is 76.5 Å². The molecular formula is C28H26FN3S2. The van der Waals surface area contributed by atoms with E-state index in [2.05, 4.69) is 47.2 Å². The molecule has 0 radical (unpaired) electrons. The van der Waals surface area contributed by atoms with Gasteiger partial charge >= 0.3 is 0 Å². The van der Waals surface area contributed by atoms with Gasteiger partial charge in [0.25, 0.3) is 0 Å². The van der Waals surface area contributed by atoms with Gasteiger partial charge in [0.1, 0.15) is 5.82 Å². The molecule has 3 nitrogen and oxygen atoms in total. The molecule has 34 heavy (non-hydrogen) atoms. The van der Waals surface area contributed by atoms with E-state index in [1.165, 1.54) is 54.7 Å². The second-order valence-corrected chi connectivity index (χ2v) is 10.9. The monoisotopic (exact) mass is 487 g/mol. The van der Waals surface area contributed by atoms with Crippen LogP contribution in [0, 0.1) is 5.82 Å². The van der Waals surface area contributed by atoms with E-state index in [9.17, 15) is 4.39 Å². The van der Waals surface area contributed by atoms with Crippen LogP contribution in [-0.4, -0.2) is 10.7 Å². The highest BCUT2D eigenvalue weighted by atomic mass is 32.1. The Balaban J connectivity index is 1.28. The van der Waals surface area contributed by atoms with Crippen molar-refractivity contribution in [1.82, 2.24) is 4.98 Å². The van der Waals surface area contributed by atoms with Crippen LogP contribution in [0.2, 0.25) is 0 Å². The molecule has 6 rings (SSSR count). The third-order valence-corrected chi connectivity index (χ3v) is 8.69. The van der Waals surface area contributed by atoms with E-state index in [-0.39, 0.29) is 11.9 Å². The fourth-order valence-corrected chi connectivity index (χ4v) is 6.64. The Labute approximate surface area is 207 Å². The highest BCUT2D eigenvalue weighted by Gasteiger charge is 2.32. The SMILES string of the molecule is Fc1ccc(C2CC(c3cccs3)=NN2c2nc(-c3ccc(C4CCCCC4)cc3)cs2)cc1. The largest absolute Gasteiger partial charge is 0.231 e. The Bertz CT molecular complexity index is 1270. The summed E-state index contributed by atoms with van der Waals surface area (Å²) in [5.41, 5.74) is 5.68. The molecule has 1 aliphatic carbocycles. The van der Waals surface area contributed by atoms with Gasteiger partial charge in [0.05, 0.1) is 22.3 Å². The fraction of sp³-hybridized carbons (Fsp3) is 0.286. The predicted molar refractivity (Wildman–Crippen MR) is 140 cm³/mol. The molecule has 6 heteroatoms. The third kappa shape index (κ3) is 4.32. The van der Waals surface area contributed by atoms with E-state index < -0.39 is 0 Å². The number of thiophene rings is 1. The number of rotatable bonds is 5. The second kappa shape index (κ2) is 9.43. The number of anilines is 1. The first kappa shape index (κ1) is 21.7. The summed E-state index contributed by atoms with van der Waals surface area (Å²) in [5.74, 6) is 0.487. The first-order valence-corrected chi connectivity index (χ1v) is 13.7. The lowest BCUT2D eigenvalue weighted by atomic mass is 9.84. The van der Waals surface area contributed by atoms with Crippen LogP contribution in [0.1, 0.15) is 66.5 Å². The zero-order valence-electron chi connectivity index (χ0n) is 18.9. The van der Waals surface area contributed by atoms with Gasteiger partial charge in [-0.2, -0.15) is 5.10 Å². The molecule has 0 amide bonds. The summed E-state index contributed by atoms with van der Waals surface area (Å²) in [7, 11) is 0. The number of benzene rings is 2. The number of hydrogen-bond donors (Lipinski definition) is 0. The van der Waals surface area contributed by atoms with Gasteiger partial charge in [0, 0.05) is 17.4 Å². The van der Waals surface area contributed by atoms with Crippen molar-refractivity contribution in [1.29, 1.82) is 0 Å². The minimum Gasteiger partial charge on any atom is -0.231 e. The Morgan fingerprint density at radius 2 is 1.62 bits per heavy atom. The molecule has 2 aliphatic rings. The van der Waals surface area contributed by atoms with Gasteiger partial charge in [0.2, 0.25) is 5.13 Å². The Hall–Kier alpha value is -2.83. The molecule has 1 aliphatic heterocycles. The van der Waals surface area contributed by atoms with Crippen molar-refractivity contribution in [3.05, 3.63) is 93.2 Å². The quantitative estimate of drug-likeness (QED) is 0.283. The number of hydrazone groups is 1. The maximum absolute atomic E-state index is 13.6. The third-order valence-electron chi connectivity index (χ3n) is 6.94. The molecular weight excluding hydrogens is 461 g/mol. The normalized spacial score (nSPS) is 18.9. The highest BCUT2D eigenvalue weighted by molar-refractivity contribution is 7.14. The summed E-state index contributed by atoms with van der Waals surface area (Å²) in [6.45, 7) is 0. The van der Waals surface area contributed by atoms with E-state index in [1.807, 2.05) is 17.1 Å². The maximum Gasteiger partial charge on any atom is 0.207 e. The van der Waals surface area contributed by atoms with E-state index in [0.717, 1.165) is 34.1 Å². The topological polar surface area (TPSA) is 28.5 Å². The Morgan fingerprint density at radius 1 is 0.853 bits per heavy atom. The fourth-order valence-electron chi connectivity index (χ4n) is 5.09. The summed E-state index contributed by atoms with van der Waals surface area (Å²) in [5, 5.41) is 12.1. The van der Waals surface area contributed by atoms with Crippen molar-refractivity contribution in [3.8, 4) is 11.3 Å². The van der Waals surface area contributed by atoms with Gasteiger partial charge in [-0.05, 0) is 53.5 Å². The van der Waals surface area contributed by atoms with E-state index in [0.29, 0.717) is 5.92 Å². The Morgan fingerprint density at radius 3 is 2.35 bits per heavy atom. The van der Waals surface area contributed by atoms with Crippen molar-refractivity contribution >= 4 is 33.5 Å². The van der Waals surface area contributed by atoms with Crippen LogP contribution in [0.25, 0.3) is 11.3 Å². The van der Waals surface area contributed by atoms with Gasteiger partial charge in [-0.1, -0.05) is 61.7 Å². The molecule has 2 aromatic carbocycles. The zero-order valence-corrected chi connectivity index (χ0v) is 20.5. The van der Waals surface area contributed by atoms with E-state index in [1.54, 1.807) is 22.7 Å². The zero-order chi connectivity index (χ0) is 22.9. The molecule has 0 N–H and O–H groups in total. The highest BCUT2D eigenvalue weighted by Crippen LogP contribution is 2.40. The molecule has 0 spiro atoms. The number of halogens is 1. The average molecular weight is 488 g/mol. The standard InChI is InChI=1S/C28H26FN3S2/c29-23-14-12-22(13-15-23)26-17-24(27-7-4-16-33-27)31-32(26)28-30-25(18-34-28)21-10-8-20(9-11-21)19-5-2-1-3-6-19/h4,7-16,18-19,26H,1-3,5-6,17H2. The number of aromatic nitrogens is 1. The molecule has 3 heterocycles. The van der Waals surface area contributed by atoms with Gasteiger partial charge in [-0.3, -0.25) is 0 Å². The summed E-state index contributed by atoms with van der Waals surface area (Å²) in [6.07, 6.45) is 7.47. The molecule has 2 aromatic heterocycles. The smallest absolute Gasteiger partial charge is 0.207 e. The molecule has 1 atom stereocenters. The maximum atomic E-state index is 13.6. The first-order valence-electron chi connectivity index (χ1n) is 12.0. The van der Waals surface area contributed by atoms with Crippen LogP contribution in [-0.2, 0) is 0 Å². The van der Waals surface area contributed by atoms with E-state index >= 15 is 0 Å². The van der Waals surface area contributed by atoms with Crippen molar-refractivity contribution in [3.63, 3.8) is 0 Å². The number of nitrogens with zero attached hydrogens (tertiary/aromatic N) is 3. The summed E-state index contributed by atoms with van der Waals surface area (Å²) in [6, 6.07) is 19.9. The minimum absolute atomic E-state index is 0.00498. The first-order chi connectivity index (χ1) is 16.7. The van der Waals surface area contributed by atoms with Crippen LogP contribution in [0.5, 0.6) is 0 Å². The summed E-state index contributed by atoms with van der Waals surface area (Å²) < 4.78 is 13.6. The van der Waals surface area contributed by atoms with Crippen LogP contribution < -0.4 is 5.01 Å². The van der Waals surface area contributed by atoms with Crippen molar-refractivity contribution in [2.24, 2.45) is 5.10 Å². The lowest BCUT2D eigenvalue weighted by Crippen LogP contribution is -2.18. The number of hydrogen-bond acceptors (Lipinski definition) is 5. The average Bonchev–Trinajstić information content (AvgIpc) is 3.66. The van der Waals surface area contributed by atoms with Gasteiger partial charge in [0.15, 0.2) is 0 Å². The molecule has 0 bridgehead atoms. The molecule has 4 aromatic rings. The second-order valence-electron chi connectivity index (χ2n) is 9.11. The summed E-state index contributed by atoms with van der Waals surface area (Å²) in [4.78, 5) is 6.15. The van der Waals surface area contributed by atoms with Gasteiger partial charge < -0.3 is 0 Å². The lowest BCUT2D eigenvalue weighted by molar-refractivity contribution is 0.443. The molecule has 1 saturated carbocycles. The summed E-state index contributed by atoms with van der Waals surface area (Å²) >= 11 is 3.31. The van der Waals surface area contributed by atoms with Crippen molar-refractivity contribution in [2.45, 2.75) is 50.5 Å². The minimum atomic E-state index is -0.221. The van der Waals surface area contributed by atoms with E-state index in [4.69, 9.17) is 10.1 Å². The number of thiazole rings is 1. The van der Waals surface area contributed by atoms with Gasteiger partial charge in [-0.15, -0.1) is 22.7 Å². The molecule has 1 fully saturated rings. The van der Waals surface area contributed by atoms with Crippen LogP contribution in [0.4, 0.5) is 9.52 Å².